The van der Waals surface area contributed by atoms with Crippen LogP contribution in [0.15, 0.2) is 11.6 Å². The monoisotopic (exact) mass is 182 g/mol. The molecule has 0 bridgehead atoms. The molecular weight excluding hydrogens is 168 g/mol. The summed E-state index contributed by atoms with van der Waals surface area (Å²) in [5, 5.41) is 3.30. The quantitative estimate of drug-likeness (QED) is 0.758. The van der Waals surface area contributed by atoms with Gasteiger partial charge < -0.3 is 5.73 Å². The Balaban J connectivity index is 2.19. The molecule has 2 nitrogen and oxygen atoms in total. The summed E-state index contributed by atoms with van der Waals surface area (Å²) in [6, 6.07) is 0. The highest BCUT2D eigenvalue weighted by molar-refractivity contribution is 7.09. The van der Waals surface area contributed by atoms with E-state index in [4.69, 9.17) is 5.73 Å². The van der Waals surface area contributed by atoms with Gasteiger partial charge in [-0.15, -0.1) is 11.3 Å². The van der Waals surface area contributed by atoms with Crippen LogP contribution in [0.1, 0.15) is 24.8 Å². The molecular formula is C9H14N2S. The van der Waals surface area contributed by atoms with Gasteiger partial charge in [0.2, 0.25) is 0 Å². The molecule has 1 heterocycles. The van der Waals surface area contributed by atoms with Gasteiger partial charge in [-0.1, -0.05) is 13.8 Å². The van der Waals surface area contributed by atoms with Crippen LogP contribution in [0.5, 0.6) is 0 Å². The van der Waals surface area contributed by atoms with E-state index in [0.717, 1.165) is 6.54 Å². The summed E-state index contributed by atoms with van der Waals surface area (Å²) < 4.78 is 0. The number of hydrogen-bond acceptors (Lipinski definition) is 3. The maximum absolute atomic E-state index is 5.68. The van der Waals surface area contributed by atoms with Crippen molar-refractivity contribution in [2.45, 2.75) is 19.8 Å². The average Bonchev–Trinajstić information content (AvgIpc) is 2.50. The number of hydrogen-bond donors (Lipinski definition) is 1. The van der Waals surface area contributed by atoms with Gasteiger partial charge in [-0.2, -0.15) is 0 Å². The van der Waals surface area contributed by atoms with Crippen LogP contribution in [0.2, 0.25) is 0 Å². The van der Waals surface area contributed by atoms with Gasteiger partial charge in [-0.3, -0.25) is 0 Å². The minimum atomic E-state index is 0.382. The second kappa shape index (κ2) is 2.54. The lowest BCUT2D eigenvalue weighted by atomic mass is 10.1. The fraction of sp³-hybridized carbons (Fsp3) is 0.667. The standard InChI is InChI=1S/C9H14N2S/c1-9(2)6(5-10)7(9)8-11-3-4-12-8/h3-4,6-7H,5,10H2,1-2H3/t6-,7+/m1/s1. The summed E-state index contributed by atoms with van der Waals surface area (Å²) in [6.07, 6.45) is 1.88. The summed E-state index contributed by atoms with van der Waals surface area (Å²) in [5.41, 5.74) is 6.06. The van der Waals surface area contributed by atoms with Crippen molar-refractivity contribution in [1.29, 1.82) is 0 Å². The van der Waals surface area contributed by atoms with Gasteiger partial charge in [0.25, 0.3) is 0 Å². The highest BCUT2D eigenvalue weighted by Gasteiger charge is 2.58. The molecule has 12 heavy (non-hydrogen) atoms. The number of rotatable bonds is 2. The van der Waals surface area contributed by atoms with Crippen LogP contribution >= 0.6 is 11.3 Å². The average molecular weight is 182 g/mol. The molecule has 0 unspecified atom stereocenters. The Morgan fingerprint density at radius 2 is 2.42 bits per heavy atom. The second-order valence-corrected chi connectivity index (χ2v) is 4.94. The minimum Gasteiger partial charge on any atom is -0.330 e. The second-order valence-electron chi connectivity index (χ2n) is 4.01. The molecule has 0 saturated heterocycles. The first-order valence-corrected chi connectivity index (χ1v) is 5.15. The molecule has 0 aromatic carbocycles. The van der Waals surface area contributed by atoms with Crippen LogP contribution in [0.4, 0.5) is 0 Å². The zero-order valence-electron chi connectivity index (χ0n) is 7.45. The van der Waals surface area contributed by atoms with Gasteiger partial charge in [-0.05, 0) is 17.9 Å². The Labute approximate surface area is 76.8 Å². The molecule has 0 aliphatic heterocycles. The predicted molar refractivity (Wildman–Crippen MR) is 51.2 cm³/mol. The predicted octanol–water partition coefficient (Wildman–Crippen LogP) is 1.84. The van der Waals surface area contributed by atoms with E-state index in [1.807, 2.05) is 11.6 Å². The first-order valence-electron chi connectivity index (χ1n) is 4.27. The van der Waals surface area contributed by atoms with E-state index in [1.165, 1.54) is 5.01 Å². The normalized spacial score (nSPS) is 31.9. The van der Waals surface area contributed by atoms with Gasteiger partial charge in [0.05, 0.1) is 5.01 Å². The van der Waals surface area contributed by atoms with Crippen LogP contribution in [-0.4, -0.2) is 11.5 Å². The van der Waals surface area contributed by atoms with E-state index in [2.05, 4.69) is 18.8 Å². The topological polar surface area (TPSA) is 38.9 Å². The van der Waals surface area contributed by atoms with Crippen molar-refractivity contribution in [2.75, 3.05) is 6.54 Å². The lowest BCUT2D eigenvalue weighted by molar-refractivity contribution is 0.558. The summed E-state index contributed by atoms with van der Waals surface area (Å²) in [7, 11) is 0. The van der Waals surface area contributed by atoms with Crippen LogP contribution < -0.4 is 5.73 Å². The lowest BCUT2D eigenvalue weighted by Crippen LogP contribution is -2.05. The number of thiazole rings is 1. The van der Waals surface area contributed by atoms with E-state index in [-0.39, 0.29) is 0 Å². The van der Waals surface area contributed by atoms with Crippen molar-refractivity contribution < 1.29 is 0 Å². The smallest absolute Gasteiger partial charge is 0.0964 e. The van der Waals surface area contributed by atoms with Gasteiger partial charge >= 0.3 is 0 Å². The fourth-order valence-electron chi connectivity index (χ4n) is 2.06. The Bertz CT molecular complexity index is 266. The van der Waals surface area contributed by atoms with E-state index in [1.54, 1.807) is 11.3 Å². The molecule has 1 saturated carbocycles. The van der Waals surface area contributed by atoms with E-state index < -0.39 is 0 Å². The van der Waals surface area contributed by atoms with Gasteiger partial charge in [-0.25, -0.2) is 4.98 Å². The zero-order valence-corrected chi connectivity index (χ0v) is 8.27. The first kappa shape index (κ1) is 8.20. The molecule has 2 rings (SSSR count). The van der Waals surface area contributed by atoms with Gasteiger partial charge in [0.1, 0.15) is 0 Å². The third-order valence-electron chi connectivity index (χ3n) is 3.02. The van der Waals surface area contributed by atoms with E-state index >= 15 is 0 Å². The maximum atomic E-state index is 5.68. The maximum Gasteiger partial charge on any atom is 0.0964 e. The first-order chi connectivity index (χ1) is 5.68. The third kappa shape index (κ3) is 1.00. The highest BCUT2D eigenvalue weighted by atomic mass is 32.1. The molecule has 1 fully saturated rings. The summed E-state index contributed by atoms with van der Waals surface area (Å²) in [4.78, 5) is 4.34. The molecule has 1 aliphatic carbocycles. The van der Waals surface area contributed by atoms with E-state index in [0.29, 0.717) is 17.3 Å². The van der Waals surface area contributed by atoms with Crippen LogP contribution in [0.25, 0.3) is 0 Å². The molecule has 1 aliphatic rings. The van der Waals surface area contributed by atoms with E-state index in [9.17, 15) is 0 Å². The lowest BCUT2D eigenvalue weighted by Gasteiger charge is -1.97. The highest BCUT2D eigenvalue weighted by Crippen LogP contribution is 2.63. The van der Waals surface area contributed by atoms with Crippen molar-refractivity contribution in [3.63, 3.8) is 0 Å². The van der Waals surface area contributed by atoms with Crippen LogP contribution in [-0.2, 0) is 0 Å². The fourth-order valence-corrected chi connectivity index (χ4v) is 3.06. The molecule has 0 amide bonds. The molecule has 66 valence electrons. The SMILES string of the molecule is CC1(C)[C@H](CN)[C@H]1c1nccs1. The Morgan fingerprint density at radius 1 is 1.67 bits per heavy atom. The molecule has 0 radical (unpaired) electrons. The van der Waals surface area contributed by atoms with Crippen LogP contribution in [0, 0.1) is 11.3 Å². The number of nitrogens with zero attached hydrogens (tertiary/aromatic N) is 1. The number of aromatic nitrogens is 1. The largest absolute Gasteiger partial charge is 0.330 e. The molecule has 0 spiro atoms. The molecule has 3 heteroatoms. The van der Waals surface area contributed by atoms with Crippen molar-refractivity contribution >= 4 is 11.3 Å². The van der Waals surface area contributed by atoms with Gasteiger partial charge in [0.15, 0.2) is 0 Å². The summed E-state index contributed by atoms with van der Waals surface area (Å²) in [5.74, 6) is 1.26. The molecule has 2 N–H and O–H groups in total. The minimum absolute atomic E-state index is 0.382. The Kier molecular flexibility index (Phi) is 1.73. The molecule has 2 atom stereocenters. The molecule has 1 aromatic rings. The van der Waals surface area contributed by atoms with Crippen molar-refractivity contribution in [3.05, 3.63) is 16.6 Å². The van der Waals surface area contributed by atoms with Crippen molar-refractivity contribution in [2.24, 2.45) is 17.1 Å². The Morgan fingerprint density at radius 3 is 2.83 bits per heavy atom. The van der Waals surface area contributed by atoms with Crippen molar-refractivity contribution in [3.8, 4) is 0 Å². The Hall–Kier alpha value is -0.410. The zero-order chi connectivity index (χ0) is 8.77. The summed E-state index contributed by atoms with van der Waals surface area (Å²) in [6.45, 7) is 5.34. The number of nitrogens with two attached hydrogens (primary N) is 1. The van der Waals surface area contributed by atoms with Crippen molar-refractivity contribution in [1.82, 2.24) is 4.98 Å². The summed E-state index contributed by atoms with van der Waals surface area (Å²) >= 11 is 1.75. The van der Waals surface area contributed by atoms with Gasteiger partial charge in [0, 0.05) is 17.5 Å². The van der Waals surface area contributed by atoms with Crippen LogP contribution in [0.3, 0.4) is 0 Å². The molecule has 1 aromatic heterocycles. The third-order valence-corrected chi connectivity index (χ3v) is 3.88.